The molecule has 1 saturated carbocycles. The van der Waals surface area contributed by atoms with E-state index < -0.39 is 34.2 Å². The largest absolute Gasteiger partial charge is 0.597 e. The van der Waals surface area contributed by atoms with Crippen molar-refractivity contribution in [3.05, 3.63) is 87.2 Å². The van der Waals surface area contributed by atoms with Crippen molar-refractivity contribution in [3.8, 4) is 0 Å². The maximum atomic E-state index is 15.2. The van der Waals surface area contributed by atoms with Crippen LogP contribution in [-0.4, -0.2) is 25.6 Å². The van der Waals surface area contributed by atoms with Gasteiger partial charge in [0.15, 0.2) is 5.25 Å². The fourth-order valence-electron chi connectivity index (χ4n) is 4.75. The zero-order valence-corrected chi connectivity index (χ0v) is 18.2. The molecular formula is C23H23F2N3O3S. The normalized spacial score (nSPS) is 23.1. The number of benzene rings is 2. The monoisotopic (exact) mass is 459 g/mol. The number of halogens is 2. The number of rotatable bonds is 5. The Morgan fingerprint density at radius 1 is 1.19 bits per heavy atom. The lowest BCUT2D eigenvalue weighted by atomic mass is 9.64. The minimum Gasteiger partial charge on any atom is -0.597 e. The highest BCUT2D eigenvalue weighted by Crippen LogP contribution is 2.49. The van der Waals surface area contributed by atoms with E-state index in [0.717, 1.165) is 24.8 Å². The van der Waals surface area contributed by atoms with Crippen molar-refractivity contribution >= 4 is 11.4 Å². The predicted molar refractivity (Wildman–Crippen MR) is 115 cm³/mol. The molecule has 2 heterocycles. The first-order valence-corrected chi connectivity index (χ1v) is 11.9. The summed E-state index contributed by atoms with van der Waals surface area (Å²) in [6, 6.07) is 12.0. The van der Waals surface area contributed by atoms with Crippen molar-refractivity contribution in [2.45, 2.75) is 49.3 Å². The Bertz CT molecular complexity index is 1160. The second kappa shape index (κ2) is 8.46. The molecule has 3 aromatic rings. The summed E-state index contributed by atoms with van der Waals surface area (Å²) in [6.45, 7) is 0.616. The Morgan fingerprint density at radius 2 is 1.97 bits per heavy atom. The van der Waals surface area contributed by atoms with Gasteiger partial charge in [0.25, 0.3) is 0 Å². The van der Waals surface area contributed by atoms with E-state index in [-0.39, 0.29) is 28.8 Å². The van der Waals surface area contributed by atoms with Crippen molar-refractivity contribution in [2.75, 3.05) is 6.54 Å². The quantitative estimate of drug-likeness (QED) is 0.581. The number of hydrogen-bond acceptors (Lipinski definition) is 5. The van der Waals surface area contributed by atoms with Gasteiger partial charge in [0.05, 0.1) is 12.0 Å². The molecule has 1 aliphatic heterocycles. The van der Waals surface area contributed by atoms with Gasteiger partial charge in [-0.25, -0.2) is 18.7 Å². The summed E-state index contributed by atoms with van der Waals surface area (Å²) < 4.78 is 50.3. The fraction of sp³-hybridized carbons (Fsp3) is 0.391. The standard InChI is InChI=1S/C23H23F2N3O3S/c24-18-13-17(23(9-5-10-23)21-26-27-22(29)31-21)19(25)12-16(18)14-28-11-4-8-20(32(28)30)15-6-2-1-3-7-15/h1-3,6-7,12-13,20H,4-5,8-11,14H2,(H,27,29)/t20-,32?/m1/s1. The van der Waals surface area contributed by atoms with E-state index in [0.29, 0.717) is 19.4 Å². The van der Waals surface area contributed by atoms with E-state index in [1.807, 2.05) is 30.3 Å². The fourth-order valence-corrected chi connectivity index (χ4v) is 6.44. The Balaban J connectivity index is 1.41. The smallest absolute Gasteiger partial charge is 0.434 e. The Kier molecular flexibility index (Phi) is 5.65. The summed E-state index contributed by atoms with van der Waals surface area (Å²) >= 11 is -1.34. The molecule has 168 valence electrons. The van der Waals surface area contributed by atoms with Gasteiger partial charge in [0, 0.05) is 41.0 Å². The zero-order chi connectivity index (χ0) is 22.3. The summed E-state index contributed by atoms with van der Waals surface area (Å²) in [4.78, 5) is 11.4. The van der Waals surface area contributed by atoms with Crippen LogP contribution in [0, 0.1) is 11.6 Å². The average molecular weight is 460 g/mol. The maximum absolute atomic E-state index is 15.2. The SMILES string of the molecule is O=c1[nH]nc(C2(c3cc(F)c(CN4CCC[C@H](c5ccccc5)[S+]4[O-])cc3F)CCC2)o1. The van der Waals surface area contributed by atoms with Crippen LogP contribution in [0.25, 0.3) is 0 Å². The lowest BCUT2D eigenvalue weighted by Crippen LogP contribution is -2.40. The molecule has 2 atom stereocenters. The van der Waals surface area contributed by atoms with Crippen LogP contribution in [0.1, 0.15) is 59.9 Å². The molecule has 1 unspecified atom stereocenters. The molecule has 32 heavy (non-hydrogen) atoms. The molecule has 1 saturated heterocycles. The Hall–Kier alpha value is -2.49. The van der Waals surface area contributed by atoms with Crippen LogP contribution in [0.5, 0.6) is 0 Å². The predicted octanol–water partition coefficient (Wildman–Crippen LogP) is 4.11. The van der Waals surface area contributed by atoms with Crippen molar-refractivity contribution < 1.29 is 17.8 Å². The van der Waals surface area contributed by atoms with E-state index >= 15 is 8.78 Å². The third-order valence-electron chi connectivity index (χ3n) is 6.60. The molecule has 6 nitrogen and oxygen atoms in total. The van der Waals surface area contributed by atoms with Crippen LogP contribution in [0.4, 0.5) is 8.78 Å². The summed E-state index contributed by atoms with van der Waals surface area (Å²) in [5.41, 5.74) is 0.355. The number of nitrogens with zero attached hydrogens (tertiary/aromatic N) is 2. The lowest BCUT2D eigenvalue weighted by molar-refractivity contribution is 0.227. The van der Waals surface area contributed by atoms with Crippen LogP contribution in [0.3, 0.4) is 0 Å². The third kappa shape index (κ3) is 3.68. The molecule has 1 N–H and O–H groups in total. The molecule has 9 heteroatoms. The van der Waals surface area contributed by atoms with Crippen LogP contribution >= 0.6 is 0 Å². The number of aromatic nitrogens is 2. The van der Waals surface area contributed by atoms with Gasteiger partial charge in [-0.3, -0.25) is 0 Å². The van der Waals surface area contributed by atoms with Gasteiger partial charge in [-0.2, -0.15) is 0 Å². The van der Waals surface area contributed by atoms with Crippen LogP contribution in [0.15, 0.2) is 51.7 Å². The molecule has 0 spiro atoms. The second-order valence-electron chi connectivity index (χ2n) is 8.46. The lowest BCUT2D eigenvalue weighted by Gasteiger charge is -2.39. The van der Waals surface area contributed by atoms with Crippen molar-refractivity contribution in [3.63, 3.8) is 0 Å². The highest BCUT2D eigenvalue weighted by Gasteiger charge is 2.47. The van der Waals surface area contributed by atoms with E-state index in [9.17, 15) is 9.35 Å². The highest BCUT2D eigenvalue weighted by atomic mass is 32.2. The molecule has 0 amide bonds. The van der Waals surface area contributed by atoms with E-state index in [1.54, 1.807) is 4.31 Å². The van der Waals surface area contributed by atoms with Crippen LogP contribution < -0.4 is 5.76 Å². The van der Waals surface area contributed by atoms with Crippen molar-refractivity contribution in [2.24, 2.45) is 0 Å². The van der Waals surface area contributed by atoms with Gasteiger partial charge in [-0.15, -0.1) is 9.40 Å². The number of hydrogen-bond donors (Lipinski definition) is 1. The number of H-pyrrole nitrogens is 1. The molecular weight excluding hydrogens is 436 g/mol. The summed E-state index contributed by atoms with van der Waals surface area (Å²) in [6.07, 6.45) is 3.46. The topological polar surface area (TPSA) is 85.2 Å². The molecule has 0 bridgehead atoms. The molecule has 5 rings (SSSR count). The maximum Gasteiger partial charge on any atom is 0.434 e. The summed E-state index contributed by atoms with van der Waals surface area (Å²) in [5, 5.41) is 5.93. The Labute approximate surface area is 187 Å². The first kappa shape index (κ1) is 21.4. The second-order valence-corrected chi connectivity index (χ2v) is 10.1. The van der Waals surface area contributed by atoms with Gasteiger partial charge in [0.2, 0.25) is 5.89 Å². The Morgan fingerprint density at radius 3 is 2.62 bits per heavy atom. The number of nitrogens with one attached hydrogen (secondary N) is 1. The highest BCUT2D eigenvalue weighted by molar-refractivity contribution is 7.89. The van der Waals surface area contributed by atoms with Crippen molar-refractivity contribution in [1.29, 1.82) is 0 Å². The molecule has 2 aliphatic rings. The van der Waals surface area contributed by atoms with Gasteiger partial charge in [-0.05, 0) is 31.4 Å². The molecule has 2 aromatic carbocycles. The van der Waals surface area contributed by atoms with Gasteiger partial charge >= 0.3 is 5.76 Å². The van der Waals surface area contributed by atoms with E-state index in [2.05, 4.69) is 10.2 Å². The van der Waals surface area contributed by atoms with E-state index in [1.165, 1.54) is 12.1 Å². The van der Waals surface area contributed by atoms with Crippen LogP contribution in [-0.2, 0) is 23.3 Å². The molecule has 0 radical (unpaired) electrons. The number of aromatic amines is 1. The third-order valence-corrected chi connectivity index (χ3v) is 8.41. The van der Waals surface area contributed by atoms with Gasteiger partial charge in [-0.1, -0.05) is 36.8 Å². The van der Waals surface area contributed by atoms with Gasteiger partial charge < -0.3 is 8.97 Å². The molecule has 2 fully saturated rings. The van der Waals surface area contributed by atoms with Crippen LogP contribution in [0.2, 0.25) is 0 Å². The minimum absolute atomic E-state index is 0.0590. The van der Waals surface area contributed by atoms with E-state index in [4.69, 9.17) is 4.42 Å². The first-order valence-electron chi connectivity index (χ1n) is 10.7. The molecule has 1 aromatic heterocycles. The summed E-state index contributed by atoms with van der Waals surface area (Å²) in [7, 11) is 0. The average Bonchev–Trinajstić information content (AvgIpc) is 3.19. The zero-order valence-electron chi connectivity index (χ0n) is 17.4. The summed E-state index contributed by atoms with van der Waals surface area (Å²) in [5.74, 6) is -1.77. The first-order chi connectivity index (χ1) is 15.5. The van der Waals surface area contributed by atoms with Gasteiger partial charge in [0.1, 0.15) is 11.6 Å². The minimum atomic E-state index is -1.34. The molecule has 1 aliphatic carbocycles. The van der Waals surface area contributed by atoms with Crippen molar-refractivity contribution in [1.82, 2.24) is 14.5 Å².